The summed E-state index contributed by atoms with van der Waals surface area (Å²) in [6.07, 6.45) is 1.30. The van der Waals surface area contributed by atoms with Gasteiger partial charge in [0, 0.05) is 14.1 Å². The highest BCUT2D eigenvalue weighted by molar-refractivity contribution is 7.91. The van der Waals surface area contributed by atoms with Crippen molar-refractivity contribution >= 4 is 28.5 Å². The van der Waals surface area contributed by atoms with Crippen molar-refractivity contribution < 1.29 is 8.42 Å². The molecule has 1 N–H and O–H groups in total. The molecule has 0 aromatic heterocycles. The van der Waals surface area contributed by atoms with Gasteiger partial charge in [-0.3, -0.25) is 5.09 Å². The van der Waals surface area contributed by atoms with Gasteiger partial charge in [0.2, 0.25) is 0 Å². The molecule has 0 heterocycles. The van der Waals surface area contributed by atoms with Gasteiger partial charge in [-0.05, 0) is 41.1 Å². The van der Waals surface area contributed by atoms with Crippen LogP contribution < -0.4 is 15.7 Å². The van der Waals surface area contributed by atoms with Crippen molar-refractivity contribution in [2.24, 2.45) is 0 Å². The monoisotopic (exact) mass is 473 g/mol. The van der Waals surface area contributed by atoms with Gasteiger partial charge in [0.15, 0.2) is 9.84 Å². The maximum absolute atomic E-state index is 13.0. The quantitative estimate of drug-likeness (QED) is 0.326. The summed E-state index contributed by atoms with van der Waals surface area (Å²) in [6.45, 7) is 0. The first-order chi connectivity index (χ1) is 16.1. The summed E-state index contributed by atoms with van der Waals surface area (Å²) in [5, 5.41) is 6.31. The summed E-state index contributed by atoms with van der Waals surface area (Å²) in [6, 6.07) is 39.9. The van der Waals surface area contributed by atoms with Gasteiger partial charge in [-0.1, -0.05) is 109 Å². The second-order valence-electron chi connectivity index (χ2n) is 7.94. The maximum Gasteiger partial charge on any atom is 0.178 e. The van der Waals surface area contributed by atoms with Crippen LogP contribution in [0.15, 0.2) is 126 Å². The Morgan fingerprint density at radius 1 is 0.636 bits per heavy atom. The van der Waals surface area contributed by atoms with E-state index in [1.54, 1.807) is 24.3 Å². The minimum Gasteiger partial charge on any atom is -0.285 e. The van der Waals surface area contributed by atoms with Crippen LogP contribution in [0.3, 0.4) is 0 Å². The normalized spacial score (nSPS) is 12.5. The highest BCUT2D eigenvalue weighted by Crippen LogP contribution is 2.31. The average molecular weight is 474 g/mol. The Morgan fingerprint density at radius 3 is 1.61 bits per heavy atom. The number of nitrogens with one attached hydrogen (secondary N) is 1. The third kappa shape index (κ3) is 6.61. The Labute approximate surface area is 198 Å². The molecule has 0 saturated carbocycles. The highest BCUT2D eigenvalue weighted by Gasteiger charge is 2.22. The summed E-state index contributed by atoms with van der Waals surface area (Å²) in [4.78, 5) is 0.386. The van der Waals surface area contributed by atoms with Crippen molar-refractivity contribution in [3.63, 3.8) is 0 Å². The van der Waals surface area contributed by atoms with E-state index >= 15 is 0 Å². The molecular formula is C28H28NO2PS. The van der Waals surface area contributed by atoms with Crippen LogP contribution in [0.4, 0.5) is 0 Å². The van der Waals surface area contributed by atoms with Crippen molar-refractivity contribution in [3.05, 3.63) is 127 Å². The van der Waals surface area contributed by atoms with Gasteiger partial charge < -0.3 is 0 Å². The fourth-order valence-corrected chi connectivity index (χ4v) is 7.31. The largest absolute Gasteiger partial charge is 0.285 e. The minimum absolute atomic E-state index is 0.0115. The van der Waals surface area contributed by atoms with Crippen LogP contribution in [0.2, 0.25) is 0 Å². The van der Waals surface area contributed by atoms with Crippen LogP contribution >= 0.6 is 8.07 Å². The van der Waals surface area contributed by atoms with Crippen molar-refractivity contribution in [3.8, 4) is 0 Å². The molecule has 0 spiro atoms. The van der Waals surface area contributed by atoms with Crippen LogP contribution in [0, 0.1) is 0 Å². The number of sulfone groups is 1. The lowest BCUT2D eigenvalue weighted by Crippen LogP contribution is -2.35. The smallest absolute Gasteiger partial charge is 0.178 e. The van der Waals surface area contributed by atoms with Gasteiger partial charge >= 0.3 is 0 Å². The molecule has 0 amide bonds. The summed E-state index contributed by atoms with van der Waals surface area (Å²) >= 11 is 0. The molecule has 33 heavy (non-hydrogen) atoms. The van der Waals surface area contributed by atoms with Gasteiger partial charge in [-0.2, -0.15) is 0 Å². The van der Waals surface area contributed by atoms with Gasteiger partial charge in [0.05, 0.1) is 10.6 Å². The predicted octanol–water partition coefficient (Wildman–Crippen LogP) is 5.10. The highest BCUT2D eigenvalue weighted by atomic mass is 32.2. The zero-order valence-electron chi connectivity index (χ0n) is 18.4. The molecule has 0 saturated heterocycles. The van der Waals surface area contributed by atoms with Crippen molar-refractivity contribution in [2.75, 3.05) is 5.75 Å². The first-order valence-electron chi connectivity index (χ1n) is 11.1. The molecule has 0 unspecified atom stereocenters. The van der Waals surface area contributed by atoms with E-state index in [1.165, 1.54) is 16.2 Å². The lowest BCUT2D eigenvalue weighted by molar-refractivity contribution is 0.569. The lowest BCUT2D eigenvalue weighted by atomic mass is 10.1. The number of hydrogen-bond acceptors (Lipinski definition) is 3. The Kier molecular flexibility index (Phi) is 8.06. The second-order valence-corrected chi connectivity index (χ2v) is 12.0. The van der Waals surface area contributed by atoms with E-state index in [-0.39, 0.29) is 11.8 Å². The number of rotatable bonds is 10. The molecule has 3 nitrogen and oxygen atoms in total. The third-order valence-electron chi connectivity index (χ3n) is 5.50. The molecule has 0 fully saturated rings. The summed E-state index contributed by atoms with van der Waals surface area (Å²) in [5.41, 5.74) is 1.20. The molecule has 1 atom stereocenters. The zero-order valence-corrected chi connectivity index (χ0v) is 20.1. The Balaban J connectivity index is 1.60. The van der Waals surface area contributed by atoms with Crippen LogP contribution in [0.25, 0.3) is 0 Å². The molecule has 0 aliphatic heterocycles. The molecule has 5 heteroatoms. The standard InChI is InChI=1S/C28H28NO2PS/c30-33(31,28-19-11-4-12-20-28)22-21-25(23-24-13-5-1-6-14-24)29-32(26-15-7-2-8-16-26)27-17-9-3-10-18-27/h1-20,25,29H,21-23H2/t25-/m1/s1. The molecule has 168 valence electrons. The van der Waals surface area contributed by atoms with Gasteiger partial charge in [-0.15, -0.1) is 0 Å². The molecular weight excluding hydrogens is 445 g/mol. The Bertz CT molecular complexity index is 1180. The first-order valence-corrected chi connectivity index (χ1v) is 14.1. The van der Waals surface area contributed by atoms with Gasteiger partial charge in [-0.25, -0.2) is 8.42 Å². The number of benzene rings is 4. The van der Waals surface area contributed by atoms with Crippen LogP contribution in [-0.4, -0.2) is 20.2 Å². The van der Waals surface area contributed by atoms with Crippen molar-refractivity contribution in [1.29, 1.82) is 0 Å². The molecule has 4 aromatic rings. The van der Waals surface area contributed by atoms with Gasteiger partial charge in [0.25, 0.3) is 0 Å². The summed E-state index contributed by atoms with van der Waals surface area (Å²) in [5.74, 6) is 0.105. The predicted molar refractivity (Wildman–Crippen MR) is 139 cm³/mol. The molecule has 0 aliphatic carbocycles. The van der Waals surface area contributed by atoms with Gasteiger partial charge in [0.1, 0.15) is 0 Å². The first kappa shape index (κ1) is 23.4. The topological polar surface area (TPSA) is 46.2 Å². The van der Waals surface area contributed by atoms with E-state index in [0.29, 0.717) is 11.3 Å². The van der Waals surface area contributed by atoms with E-state index < -0.39 is 17.9 Å². The average Bonchev–Trinajstić information content (AvgIpc) is 2.88. The Morgan fingerprint density at radius 2 is 1.09 bits per heavy atom. The molecule has 0 aliphatic rings. The summed E-state index contributed by atoms with van der Waals surface area (Å²) < 4.78 is 26.0. The molecule has 4 aromatic carbocycles. The SMILES string of the molecule is O=S(=O)(CC[C@H](Cc1ccccc1)NP(c1ccccc1)c1ccccc1)c1ccccc1. The fourth-order valence-electron chi connectivity index (χ4n) is 3.79. The third-order valence-corrected chi connectivity index (χ3v) is 9.52. The van der Waals surface area contributed by atoms with E-state index in [1.807, 2.05) is 36.4 Å². The molecule has 0 bridgehead atoms. The molecule has 4 rings (SSSR count). The van der Waals surface area contributed by atoms with Crippen molar-refractivity contribution in [2.45, 2.75) is 23.8 Å². The minimum atomic E-state index is -3.35. The summed E-state index contributed by atoms with van der Waals surface area (Å²) in [7, 11) is -4.18. The van der Waals surface area contributed by atoms with E-state index in [4.69, 9.17) is 0 Å². The second kappa shape index (κ2) is 11.4. The number of hydrogen-bond donors (Lipinski definition) is 1. The van der Waals surface area contributed by atoms with Crippen LogP contribution in [0.1, 0.15) is 12.0 Å². The molecule has 0 radical (unpaired) electrons. The zero-order chi connectivity index (χ0) is 22.9. The Hall–Kier alpha value is -2.78. The van der Waals surface area contributed by atoms with Crippen LogP contribution in [-0.2, 0) is 16.3 Å². The van der Waals surface area contributed by atoms with Crippen molar-refractivity contribution in [1.82, 2.24) is 5.09 Å². The van der Waals surface area contributed by atoms with E-state index in [9.17, 15) is 8.42 Å². The van der Waals surface area contributed by atoms with Crippen LogP contribution in [0.5, 0.6) is 0 Å². The maximum atomic E-state index is 13.0. The van der Waals surface area contributed by atoms with E-state index in [0.717, 1.165) is 6.42 Å². The lowest BCUT2D eigenvalue weighted by Gasteiger charge is -2.27. The van der Waals surface area contributed by atoms with E-state index in [2.05, 4.69) is 65.8 Å². The fraction of sp³-hybridized carbons (Fsp3) is 0.143.